The molecule has 1 rings (SSSR count). The molecule has 0 bridgehead atoms. The predicted molar refractivity (Wildman–Crippen MR) is 56.1 cm³/mol. The molecular weight excluding hydrogens is 178 g/mol. The average Bonchev–Trinajstić information content (AvgIpc) is 2.21. The molecule has 0 fully saturated rings. The van der Waals surface area contributed by atoms with Gasteiger partial charge in [0.25, 0.3) is 0 Å². The van der Waals surface area contributed by atoms with Crippen molar-refractivity contribution in [2.24, 2.45) is 5.90 Å². The fraction of sp³-hybridized carbons (Fsp3) is 0.455. The molecule has 0 saturated carbocycles. The van der Waals surface area contributed by atoms with Gasteiger partial charge < -0.3 is 9.57 Å². The second-order valence-electron chi connectivity index (χ2n) is 3.05. The Labute approximate surface area is 84.8 Å². The Morgan fingerprint density at radius 3 is 2.50 bits per heavy atom. The second kappa shape index (κ2) is 6.40. The van der Waals surface area contributed by atoms with Gasteiger partial charge in [-0.05, 0) is 37.5 Å². The Morgan fingerprint density at radius 2 is 1.93 bits per heavy atom. The number of hydrogen-bond donors (Lipinski definition) is 1. The van der Waals surface area contributed by atoms with Crippen LogP contribution in [0, 0.1) is 0 Å². The zero-order valence-corrected chi connectivity index (χ0v) is 8.53. The number of nitrogens with two attached hydrogens (primary N) is 1. The summed E-state index contributed by atoms with van der Waals surface area (Å²) in [5.74, 6) is 5.86. The summed E-state index contributed by atoms with van der Waals surface area (Å²) in [6.45, 7) is 3.29. The van der Waals surface area contributed by atoms with E-state index in [9.17, 15) is 0 Å². The van der Waals surface area contributed by atoms with E-state index in [4.69, 9.17) is 10.6 Å². The highest BCUT2D eigenvalue weighted by Crippen LogP contribution is 2.13. The van der Waals surface area contributed by atoms with E-state index in [0.717, 1.165) is 18.6 Å². The van der Waals surface area contributed by atoms with Crippen LogP contribution in [0.2, 0.25) is 0 Å². The van der Waals surface area contributed by atoms with Gasteiger partial charge in [-0.15, -0.1) is 0 Å². The molecule has 3 heteroatoms. The van der Waals surface area contributed by atoms with Crippen LogP contribution in [0.4, 0.5) is 0 Å². The van der Waals surface area contributed by atoms with Crippen LogP contribution in [0.1, 0.15) is 18.9 Å². The minimum Gasteiger partial charge on any atom is -0.494 e. The maximum Gasteiger partial charge on any atom is 0.119 e. The quantitative estimate of drug-likeness (QED) is 0.557. The van der Waals surface area contributed by atoms with Crippen LogP contribution in [0.5, 0.6) is 5.75 Å². The average molecular weight is 195 g/mol. The fourth-order valence-corrected chi connectivity index (χ4v) is 1.28. The summed E-state index contributed by atoms with van der Waals surface area (Å²) in [4.78, 5) is 4.50. The molecule has 78 valence electrons. The van der Waals surface area contributed by atoms with Crippen molar-refractivity contribution in [2.75, 3.05) is 13.2 Å². The Kier molecular flexibility index (Phi) is 5.04. The molecule has 0 saturated heterocycles. The molecule has 0 amide bonds. The summed E-state index contributed by atoms with van der Waals surface area (Å²) in [5.41, 5.74) is 1.28. The summed E-state index contributed by atoms with van der Waals surface area (Å²) in [6, 6.07) is 8.12. The molecule has 0 spiro atoms. The minimum absolute atomic E-state index is 0.604. The second-order valence-corrected chi connectivity index (χ2v) is 3.05. The van der Waals surface area contributed by atoms with Crippen molar-refractivity contribution >= 4 is 0 Å². The lowest BCUT2D eigenvalue weighted by molar-refractivity contribution is 0.135. The third-order valence-electron chi connectivity index (χ3n) is 1.96. The van der Waals surface area contributed by atoms with Crippen LogP contribution >= 0.6 is 0 Å². The van der Waals surface area contributed by atoms with Crippen LogP contribution in [-0.4, -0.2) is 13.2 Å². The Bertz CT molecular complexity index is 246. The predicted octanol–water partition coefficient (Wildman–Crippen LogP) is 1.91. The van der Waals surface area contributed by atoms with E-state index in [0.29, 0.717) is 13.2 Å². The van der Waals surface area contributed by atoms with E-state index < -0.39 is 0 Å². The zero-order valence-electron chi connectivity index (χ0n) is 8.53. The van der Waals surface area contributed by atoms with Crippen LogP contribution in [0.3, 0.4) is 0 Å². The number of ether oxygens (including phenoxy) is 1. The van der Waals surface area contributed by atoms with Gasteiger partial charge in [0.15, 0.2) is 0 Å². The van der Waals surface area contributed by atoms with Crippen LogP contribution in [0.15, 0.2) is 24.3 Å². The van der Waals surface area contributed by atoms with Crippen LogP contribution in [-0.2, 0) is 11.3 Å². The Hall–Kier alpha value is -1.06. The van der Waals surface area contributed by atoms with Gasteiger partial charge in [-0.1, -0.05) is 12.1 Å². The van der Waals surface area contributed by atoms with E-state index in [1.54, 1.807) is 0 Å². The lowest BCUT2D eigenvalue weighted by atomic mass is 10.1. The van der Waals surface area contributed by atoms with Crippen molar-refractivity contribution in [3.05, 3.63) is 29.8 Å². The summed E-state index contributed by atoms with van der Waals surface area (Å²) in [7, 11) is 0. The number of rotatable bonds is 6. The molecule has 0 atom stereocenters. The third kappa shape index (κ3) is 3.77. The Morgan fingerprint density at radius 1 is 1.21 bits per heavy atom. The van der Waals surface area contributed by atoms with E-state index in [1.165, 1.54) is 5.56 Å². The topological polar surface area (TPSA) is 44.5 Å². The first kappa shape index (κ1) is 11.0. The highest BCUT2D eigenvalue weighted by atomic mass is 16.6. The maximum atomic E-state index is 5.34. The fourth-order valence-electron chi connectivity index (χ4n) is 1.28. The molecule has 0 radical (unpaired) electrons. The molecule has 1 aromatic rings. The van der Waals surface area contributed by atoms with E-state index in [-0.39, 0.29) is 0 Å². The lowest BCUT2D eigenvalue weighted by Gasteiger charge is -2.04. The lowest BCUT2D eigenvalue weighted by Crippen LogP contribution is -2.01. The summed E-state index contributed by atoms with van der Waals surface area (Å²) >= 11 is 0. The summed E-state index contributed by atoms with van der Waals surface area (Å²) in [5, 5.41) is 0. The molecular formula is C11H17NO2. The van der Waals surface area contributed by atoms with Gasteiger partial charge in [-0.25, -0.2) is 5.90 Å². The van der Waals surface area contributed by atoms with E-state index in [2.05, 4.69) is 17.0 Å². The molecule has 3 nitrogen and oxygen atoms in total. The monoisotopic (exact) mass is 195 g/mol. The molecule has 14 heavy (non-hydrogen) atoms. The van der Waals surface area contributed by atoms with Crippen LogP contribution < -0.4 is 10.6 Å². The van der Waals surface area contributed by atoms with Gasteiger partial charge in [-0.3, -0.25) is 0 Å². The first-order valence-electron chi connectivity index (χ1n) is 4.90. The van der Waals surface area contributed by atoms with Gasteiger partial charge >= 0.3 is 0 Å². The minimum atomic E-state index is 0.604. The van der Waals surface area contributed by atoms with Crippen molar-refractivity contribution in [3.8, 4) is 5.75 Å². The molecule has 0 aliphatic heterocycles. The smallest absolute Gasteiger partial charge is 0.119 e. The van der Waals surface area contributed by atoms with Gasteiger partial charge in [0.2, 0.25) is 0 Å². The molecule has 0 unspecified atom stereocenters. The molecule has 0 aliphatic carbocycles. The first-order chi connectivity index (χ1) is 6.86. The number of benzene rings is 1. The number of hydrogen-bond acceptors (Lipinski definition) is 3. The van der Waals surface area contributed by atoms with Gasteiger partial charge in [-0.2, -0.15) is 0 Å². The van der Waals surface area contributed by atoms with Crippen LogP contribution in [0.25, 0.3) is 0 Å². The van der Waals surface area contributed by atoms with Gasteiger partial charge in [0.1, 0.15) is 5.75 Å². The standard InChI is InChI=1S/C11H17NO2/c1-2-13-11-7-5-10(6-8-11)4-3-9-14-12/h5-8H,2-4,9,12H2,1H3. The summed E-state index contributed by atoms with van der Waals surface area (Å²) in [6.07, 6.45) is 1.94. The normalized spacial score (nSPS) is 10.1. The van der Waals surface area contributed by atoms with Crippen molar-refractivity contribution < 1.29 is 9.57 Å². The van der Waals surface area contributed by atoms with Crippen molar-refractivity contribution in [1.82, 2.24) is 0 Å². The zero-order chi connectivity index (χ0) is 10.2. The first-order valence-corrected chi connectivity index (χ1v) is 4.90. The molecule has 0 heterocycles. The molecule has 1 aromatic carbocycles. The van der Waals surface area contributed by atoms with Crippen molar-refractivity contribution in [3.63, 3.8) is 0 Å². The largest absolute Gasteiger partial charge is 0.494 e. The molecule has 2 N–H and O–H groups in total. The third-order valence-corrected chi connectivity index (χ3v) is 1.96. The van der Waals surface area contributed by atoms with Gasteiger partial charge in [0.05, 0.1) is 13.2 Å². The highest BCUT2D eigenvalue weighted by molar-refractivity contribution is 5.27. The van der Waals surface area contributed by atoms with Gasteiger partial charge in [0, 0.05) is 0 Å². The molecule has 0 aromatic heterocycles. The number of aryl methyl sites for hydroxylation is 1. The molecule has 0 aliphatic rings. The SMILES string of the molecule is CCOc1ccc(CCCON)cc1. The summed E-state index contributed by atoms with van der Waals surface area (Å²) < 4.78 is 5.34. The maximum absolute atomic E-state index is 5.34. The van der Waals surface area contributed by atoms with E-state index >= 15 is 0 Å². The highest BCUT2D eigenvalue weighted by Gasteiger charge is 1.94. The van der Waals surface area contributed by atoms with Crippen molar-refractivity contribution in [1.29, 1.82) is 0 Å². The Balaban J connectivity index is 2.38. The van der Waals surface area contributed by atoms with Crippen molar-refractivity contribution in [2.45, 2.75) is 19.8 Å². The van der Waals surface area contributed by atoms with E-state index in [1.807, 2.05) is 19.1 Å².